The summed E-state index contributed by atoms with van der Waals surface area (Å²) >= 11 is 0. The van der Waals surface area contributed by atoms with E-state index in [9.17, 15) is 9.59 Å². The third-order valence-electron chi connectivity index (χ3n) is 3.29. The van der Waals surface area contributed by atoms with Crippen molar-refractivity contribution in [3.8, 4) is 0 Å². The molecule has 1 unspecified atom stereocenters. The first-order chi connectivity index (χ1) is 8.91. The van der Waals surface area contributed by atoms with Gasteiger partial charge in [0.1, 0.15) is 0 Å². The van der Waals surface area contributed by atoms with Gasteiger partial charge in [-0.15, -0.1) is 0 Å². The molecular weight excluding hydrogens is 250 g/mol. The van der Waals surface area contributed by atoms with Gasteiger partial charge in [0.25, 0.3) is 0 Å². The molecule has 0 saturated carbocycles. The predicted molar refractivity (Wildman–Crippen MR) is 69.9 cm³/mol. The number of aliphatic carboxylic acids is 1. The minimum atomic E-state index is -1.42. The molecule has 0 bridgehead atoms. The third-order valence-corrected chi connectivity index (χ3v) is 3.29. The van der Waals surface area contributed by atoms with Crippen LogP contribution in [0.25, 0.3) is 0 Å². The maximum absolute atomic E-state index is 12.0. The molecule has 3 N–H and O–H groups in total. The summed E-state index contributed by atoms with van der Waals surface area (Å²) in [6.07, 6.45) is -0.483. The number of urea groups is 1. The van der Waals surface area contributed by atoms with Crippen molar-refractivity contribution < 1.29 is 19.8 Å². The number of hydrogen-bond acceptors (Lipinski definition) is 4. The highest BCUT2D eigenvalue weighted by Crippen LogP contribution is 2.08. The van der Waals surface area contributed by atoms with Crippen LogP contribution in [-0.2, 0) is 4.79 Å². The van der Waals surface area contributed by atoms with Gasteiger partial charge in [-0.3, -0.25) is 0 Å². The van der Waals surface area contributed by atoms with E-state index in [0.29, 0.717) is 6.54 Å². The fraction of sp³-hybridized carbons (Fsp3) is 0.833. The van der Waals surface area contributed by atoms with Crippen molar-refractivity contribution in [3.63, 3.8) is 0 Å². The van der Waals surface area contributed by atoms with Crippen molar-refractivity contribution >= 4 is 12.0 Å². The second kappa shape index (κ2) is 7.30. The number of carbonyl (C=O) groups excluding carboxylic acids is 1. The molecule has 2 atom stereocenters. The Bertz CT molecular complexity index is 324. The van der Waals surface area contributed by atoms with E-state index in [1.165, 1.54) is 0 Å². The van der Waals surface area contributed by atoms with Crippen LogP contribution < -0.4 is 5.32 Å². The summed E-state index contributed by atoms with van der Waals surface area (Å²) < 4.78 is 0. The molecule has 1 aliphatic heterocycles. The number of aliphatic hydroxyl groups excluding tert-OH is 1. The van der Waals surface area contributed by atoms with Crippen molar-refractivity contribution in [2.45, 2.75) is 31.9 Å². The zero-order chi connectivity index (χ0) is 14.4. The van der Waals surface area contributed by atoms with E-state index in [-0.39, 0.29) is 25.0 Å². The zero-order valence-electron chi connectivity index (χ0n) is 11.5. The Morgan fingerprint density at radius 3 is 2.74 bits per heavy atom. The maximum atomic E-state index is 12.0. The molecule has 2 amide bonds. The Labute approximate surface area is 113 Å². The summed E-state index contributed by atoms with van der Waals surface area (Å²) in [5.41, 5.74) is 0. The topological polar surface area (TPSA) is 93.1 Å². The van der Waals surface area contributed by atoms with Crippen LogP contribution in [0, 0.1) is 0 Å². The molecule has 0 radical (unpaired) electrons. The molecular formula is C12H23N3O4. The monoisotopic (exact) mass is 273 g/mol. The molecule has 0 aliphatic carbocycles. The van der Waals surface area contributed by atoms with Crippen molar-refractivity contribution in [3.05, 3.63) is 0 Å². The van der Waals surface area contributed by atoms with Crippen LogP contribution in [-0.4, -0.2) is 77.4 Å². The Morgan fingerprint density at radius 1 is 1.42 bits per heavy atom. The van der Waals surface area contributed by atoms with Gasteiger partial charge in [-0.05, 0) is 26.9 Å². The minimum Gasteiger partial charge on any atom is -0.479 e. The van der Waals surface area contributed by atoms with Crippen LogP contribution in [0.3, 0.4) is 0 Å². The Balaban J connectivity index is 2.37. The van der Waals surface area contributed by atoms with Crippen LogP contribution in [0.1, 0.15) is 19.8 Å². The largest absolute Gasteiger partial charge is 0.479 e. The number of aliphatic hydroxyl groups is 1. The molecule has 1 saturated heterocycles. The van der Waals surface area contributed by atoms with Gasteiger partial charge in [0.15, 0.2) is 6.10 Å². The lowest BCUT2D eigenvalue weighted by molar-refractivity contribution is -0.146. The standard InChI is InChI=1S/C12H23N3O4/c1-9-8-14(2)6-3-7-15(9)12(19)13-5-4-10(16)11(17)18/h9-10,16H,3-8H2,1-2H3,(H,13,19)(H,17,18)/t9?,10-/m0/s1. The molecule has 1 heterocycles. The average molecular weight is 273 g/mol. The molecule has 110 valence electrons. The molecule has 1 aliphatic rings. The van der Waals surface area contributed by atoms with Crippen molar-refractivity contribution in [2.75, 3.05) is 33.2 Å². The summed E-state index contributed by atoms with van der Waals surface area (Å²) in [6, 6.07) is -0.0720. The average Bonchev–Trinajstić information content (AvgIpc) is 2.49. The van der Waals surface area contributed by atoms with Gasteiger partial charge in [0.2, 0.25) is 0 Å². The van der Waals surface area contributed by atoms with Gasteiger partial charge in [0, 0.05) is 32.1 Å². The summed E-state index contributed by atoms with van der Waals surface area (Å²) in [7, 11) is 2.03. The summed E-state index contributed by atoms with van der Waals surface area (Å²) in [5.74, 6) is -1.26. The highest BCUT2D eigenvalue weighted by molar-refractivity contribution is 5.75. The fourth-order valence-corrected chi connectivity index (χ4v) is 2.21. The maximum Gasteiger partial charge on any atom is 0.332 e. The molecule has 0 aromatic rings. The Kier molecular flexibility index (Phi) is 6.04. The minimum absolute atomic E-state index is 0.0171. The number of nitrogens with zero attached hydrogens (tertiary/aromatic N) is 2. The lowest BCUT2D eigenvalue weighted by Crippen LogP contribution is -2.47. The molecule has 1 rings (SSSR count). The number of likely N-dealkylation sites (N-methyl/N-ethyl adjacent to an activating group) is 1. The lowest BCUT2D eigenvalue weighted by atomic mass is 10.2. The van der Waals surface area contributed by atoms with Crippen molar-refractivity contribution in [1.29, 1.82) is 0 Å². The number of hydrogen-bond donors (Lipinski definition) is 3. The normalized spacial score (nSPS) is 22.7. The SMILES string of the molecule is CC1CN(C)CCCN1C(=O)NCC[C@H](O)C(=O)O. The molecule has 1 fully saturated rings. The second-order valence-electron chi connectivity index (χ2n) is 5.03. The van der Waals surface area contributed by atoms with Crippen LogP contribution in [0.4, 0.5) is 4.79 Å². The molecule has 0 aromatic carbocycles. The predicted octanol–water partition coefficient (Wildman–Crippen LogP) is -0.442. The summed E-state index contributed by atoms with van der Waals surface area (Å²) in [5, 5.41) is 20.3. The second-order valence-corrected chi connectivity index (χ2v) is 5.03. The first kappa shape index (κ1) is 15.7. The van der Waals surface area contributed by atoms with Gasteiger partial charge in [0.05, 0.1) is 0 Å². The quantitative estimate of drug-likeness (QED) is 0.645. The van der Waals surface area contributed by atoms with Crippen LogP contribution in [0.5, 0.6) is 0 Å². The summed E-state index contributed by atoms with van der Waals surface area (Å²) in [4.78, 5) is 26.4. The smallest absolute Gasteiger partial charge is 0.332 e. The number of carboxylic acids is 1. The zero-order valence-corrected chi connectivity index (χ0v) is 11.5. The number of carboxylic acid groups (broad SMARTS) is 1. The van der Waals surface area contributed by atoms with Gasteiger partial charge in [-0.2, -0.15) is 0 Å². The van der Waals surface area contributed by atoms with Gasteiger partial charge < -0.3 is 25.3 Å². The first-order valence-electron chi connectivity index (χ1n) is 6.55. The van der Waals surface area contributed by atoms with Crippen molar-refractivity contribution in [1.82, 2.24) is 15.1 Å². The van der Waals surface area contributed by atoms with Crippen molar-refractivity contribution in [2.24, 2.45) is 0 Å². The fourth-order valence-electron chi connectivity index (χ4n) is 2.21. The van der Waals surface area contributed by atoms with E-state index in [2.05, 4.69) is 10.2 Å². The number of nitrogens with one attached hydrogen (secondary N) is 1. The summed E-state index contributed by atoms with van der Waals surface area (Å²) in [6.45, 7) is 4.63. The Hall–Kier alpha value is -1.34. The first-order valence-corrected chi connectivity index (χ1v) is 6.55. The molecule has 0 aromatic heterocycles. The lowest BCUT2D eigenvalue weighted by Gasteiger charge is -2.28. The highest BCUT2D eigenvalue weighted by atomic mass is 16.4. The van der Waals surface area contributed by atoms with E-state index < -0.39 is 12.1 Å². The van der Waals surface area contributed by atoms with Crippen LogP contribution in [0.2, 0.25) is 0 Å². The number of amides is 2. The third kappa shape index (κ3) is 5.04. The number of rotatable bonds is 4. The van der Waals surface area contributed by atoms with E-state index in [1.54, 1.807) is 4.90 Å². The molecule has 0 spiro atoms. The highest BCUT2D eigenvalue weighted by Gasteiger charge is 2.24. The van der Waals surface area contributed by atoms with Gasteiger partial charge >= 0.3 is 12.0 Å². The van der Waals surface area contributed by atoms with Crippen LogP contribution in [0.15, 0.2) is 0 Å². The Morgan fingerprint density at radius 2 is 2.11 bits per heavy atom. The molecule has 7 heteroatoms. The molecule has 7 nitrogen and oxygen atoms in total. The molecule has 19 heavy (non-hydrogen) atoms. The number of carbonyl (C=O) groups is 2. The van der Waals surface area contributed by atoms with E-state index in [0.717, 1.165) is 19.5 Å². The van der Waals surface area contributed by atoms with Gasteiger partial charge in [-0.25, -0.2) is 9.59 Å². The van der Waals surface area contributed by atoms with E-state index >= 15 is 0 Å². The van der Waals surface area contributed by atoms with E-state index in [4.69, 9.17) is 10.2 Å². The van der Waals surface area contributed by atoms with Crippen LogP contribution >= 0.6 is 0 Å². The van der Waals surface area contributed by atoms with E-state index in [1.807, 2.05) is 14.0 Å². The van der Waals surface area contributed by atoms with Gasteiger partial charge in [-0.1, -0.05) is 0 Å².